The second-order valence-corrected chi connectivity index (χ2v) is 6.62. The highest BCUT2D eigenvalue weighted by molar-refractivity contribution is 7.89. The number of nitro groups is 1. The summed E-state index contributed by atoms with van der Waals surface area (Å²) in [6.45, 7) is 4.25. The number of primary sulfonamides is 1. The average Bonchev–Trinajstić information content (AvgIpc) is 2.54. The van der Waals surface area contributed by atoms with E-state index >= 15 is 0 Å². The van der Waals surface area contributed by atoms with Crippen LogP contribution in [0.4, 0.5) is 17.1 Å². The van der Waals surface area contributed by atoms with E-state index in [4.69, 9.17) is 5.14 Å². The SMILES string of the molecule is CCC.CN(c1ccccc1)c1ccc(S(N)(=O)=O)cc1[N+](=O)[O-]. The second kappa shape index (κ2) is 8.42. The first kappa shape index (κ1) is 19.6. The molecule has 0 aliphatic carbocycles. The molecule has 0 fully saturated rings. The molecule has 130 valence electrons. The van der Waals surface area contributed by atoms with Gasteiger partial charge in [-0.05, 0) is 24.3 Å². The van der Waals surface area contributed by atoms with Crippen molar-refractivity contribution in [3.05, 3.63) is 58.6 Å². The Kier molecular flexibility index (Phi) is 6.87. The molecule has 7 nitrogen and oxygen atoms in total. The molecule has 0 aliphatic heterocycles. The van der Waals surface area contributed by atoms with Gasteiger partial charge in [-0.25, -0.2) is 13.6 Å². The molecule has 0 bridgehead atoms. The van der Waals surface area contributed by atoms with Gasteiger partial charge >= 0.3 is 0 Å². The van der Waals surface area contributed by atoms with E-state index < -0.39 is 14.9 Å². The monoisotopic (exact) mass is 351 g/mol. The Hall–Kier alpha value is -2.45. The van der Waals surface area contributed by atoms with E-state index in [2.05, 4.69) is 13.8 Å². The maximum absolute atomic E-state index is 11.3. The van der Waals surface area contributed by atoms with Gasteiger partial charge in [0.05, 0.1) is 9.82 Å². The molecule has 2 N–H and O–H groups in total. The lowest BCUT2D eigenvalue weighted by Gasteiger charge is -2.19. The first-order valence-corrected chi connectivity index (χ1v) is 8.87. The number of hydrogen-bond acceptors (Lipinski definition) is 5. The summed E-state index contributed by atoms with van der Waals surface area (Å²) in [5.74, 6) is 0. The van der Waals surface area contributed by atoms with Crippen LogP contribution in [0.15, 0.2) is 53.4 Å². The first-order chi connectivity index (χ1) is 11.2. The van der Waals surface area contributed by atoms with Crippen LogP contribution in [-0.2, 0) is 10.0 Å². The first-order valence-electron chi connectivity index (χ1n) is 7.32. The number of benzene rings is 2. The number of para-hydroxylation sites is 1. The molecule has 0 radical (unpaired) electrons. The summed E-state index contributed by atoms with van der Waals surface area (Å²) in [6.07, 6.45) is 1.25. The van der Waals surface area contributed by atoms with E-state index in [9.17, 15) is 18.5 Å². The Labute approximate surface area is 141 Å². The van der Waals surface area contributed by atoms with Crippen LogP contribution in [0.3, 0.4) is 0 Å². The molecular weight excluding hydrogens is 330 g/mol. The van der Waals surface area contributed by atoms with Crippen LogP contribution in [0.25, 0.3) is 0 Å². The van der Waals surface area contributed by atoms with Crippen molar-refractivity contribution in [2.45, 2.75) is 25.2 Å². The summed E-state index contributed by atoms with van der Waals surface area (Å²) in [5.41, 5.74) is 0.690. The van der Waals surface area contributed by atoms with Gasteiger partial charge in [0.1, 0.15) is 5.69 Å². The molecule has 2 rings (SSSR count). The third kappa shape index (κ3) is 5.04. The highest BCUT2D eigenvalue weighted by Gasteiger charge is 2.21. The molecule has 0 saturated heterocycles. The Morgan fingerprint density at radius 1 is 1.12 bits per heavy atom. The average molecular weight is 351 g/mol. The summed E-state index contributed by atoms with van der Waals surface area (Å²) < 4.78 is 22.6. The standard InChI is InChI=1S/C13H13N3O4S.C3H8/c1-15(10-5-3-2-4-6-10)12-8-7-11(21(14,19)20)9-13(12)16(17)18;1-3-2/h2-9H,1H3,(H2,14,19,20);3H2,1-2H3. The minimum Gasteiger partial charge on any atom is -0.339 e. The maximum atomic E-state index is 11.3. The third-order valence-corrected chi connectivity index (χ3v) is 3.89. The number of sulfonamides is 1. The largest absolute Gasteiger partial charge is 0.339 e. The van der Waals surface area contributed by atoms with Crippen LogP contribution < -0.4 is 10.0 Å². The molecule has 0 saturated carbocycles. The van der Waals surface area contributed by atoms with Gasteiger partial charge in [-0.1, -0.05) is 38.5 Å². The lowest BCUT2D eigenvalue weighted by Crippen LogP contribution is -2.15. The number of hydrogen-bond donors (Lipinski definition) is 1. The Bertz CT molecular complexity index is 792. The van der Waals surface area contributed by atoms with Crippen LogP contribution in [-0.4, -0.2) is 20.4 Å². The fourth-order valence-corrected chi connectivity index (χ4v) is 2.43. The van der Waals surface area contributed by atoms with Gasteiger partial charge in [0.25, 0.3) is 5.69 Å². The summed E-state index contributed by atoms with van der Waals surface area (Å²) >= 11 is 0. The predicted octanol–water partition coefficient (Wildman–Crippen LogP) is 3.43. The number of anilines is 2. The quantitative estimate of drug-likeness (QED) is 0.671. The molecule has 2 aromatic rings. The maximum Gasteiger partial charge on any atom is 0.294 e. The van der Waals surface area contributed by atoms with Crippen molar-refractivity contribution in [1.82, 2.24) is 0 Å². The van der Waals surface area contributed by atoms with Crippen molar-refractivity contribution >= 4 is 27.1 Å². The van der Waals surface area contributed by atoms with Gasteiger partial charge in [0.2, 0.25) is 10.0 Å². The lowest BCUT2D eigenvalue weighted by molar-refractivity contribution is -0.384. The molecule has 0 aromatic heterocycles. The van der Waals surface area contributed by atoms with Gasteiger partial charge in [-0.2, -0.15) is 0 Å². The van der Waals surface area contributed by atoms with Crippen LogP contribution >= 0.6 is 0 Å². The van der Waals surface area contributed by atoms with Crippen LogP contribution in [0.5, 0.6) is 0 Å². The van der Waals surface area contributed by atoms with Crippen molar-refractivity contribution in [2.24, 2.45) is 5.14 Å². The van der Waals surface area contributed by atoms with Crippen molar-refractivity contribution < 1.29 is 13.3 Å². The predicted molar refractivity (Wildman–Crippen MR) is 94.9 cm³/mol. The molecule has 0 atom stereocenters. The highest BCUT2D eigenvalue weighted by Crippen LogP contribution is 2.33. The van der Waals surface area contributed by atoms with Crippen molar-refractivity contribution in [3.63, 3.8) is 0 Å². The Balaban J connectivity index is 0.000000891. The molecule has 8 heteroatoms. The summed E-state index contributed by atoms with van der Waals surface area (Å²) in [7, 11) is -2.33. The van der Waals surface area contributed by atoms with E-state index in [-0.39, 0.29) is 16.3 Å². The van der Waals surface area contributed by atoms with E-state index in [1.165, 1.54) is 18.6 Å². The molecule has 0 amide bonds. The molecule has 0 heterocycles. The summed E-state index contributed by atoms with van der Waals surface area (Å²) in [5, 5.41) is 16.2. The van der Waals surface area contributed by atoms with E-state index in [0.29, 0.717) is 0 Å². The molecule has 0 spiro atoms. The summed E-state index contributed by atoms with van der Waals surface area (Å²) in [6, 6.07) is 12.6. The smallest absolute Gasteiger partial charge is 0.294 e. The number of nitro benzene ring substituents is 1. The van der Waals surface area contributed by atoms with Gasteiger partial charge in [-0.3, -0.25) is 10.1 Å². The zero-order valence-electron chi connectivity index (χ0n) is 13.8. The Morgan fingerprint density at radius 2 is 1.67 bits per heavy atom. The van der Waals surface area contributed by atoms with Crippen molar-refractivity contribution in [3.8, 4) is 0 Å². The van der Waals surface area contributed by atoms with Gasteiger partial charge in [0.15, 0.2) is 0 Å². The minimum atomic E-state index is -3.99. The Morgan fingerprint density at radius 3 is 2.12 bits per heavy atom. The minimum absolute atomic E-state index is 0.276. The molecule has 0 aliphatic rings. The van der Waals surface area contributed by atoms with Gasteiger partial charge < -0.3 is 4.90 Å². The fourth-order valence-electron chi connectivity index (χ4n) is 1.90. The van der Waals surface area contributed by atoms with E-state index in [1.807, 2.05) is 6.07 Å². The van der Waals surface area contributed by atoms with E-state index in [1.54, 1.807) is 36.2 Å². The molecule has 2 aromatic carbocycles. The lowest BCUT2D eigenvalue weighted by atomic mass is 10.2. The zero-order valence-corrected chi connectivity index (χ0v) is 14.7. The topological polar surface area (TPSA) is 107 Å². The van der Waals surface area contributed by atoms with Crippen LogP contribution in [0, 0.1) is 10.1 Å². The fraction of sp³-hybridized carbons (Fsp3) is 0.250. The van der Waals surface area contributed by atoms with Crippen molar-refractivity contribution in [1.29, 1.82) is 0 Å². The molecule has 0 unspecified atom stereocenters. The zero-order chi connectivity index (χ0) is 18.3. The molecular formula is C16H21N3O4S. The number of nitrogens with two attached hydrogens (primary N) is 1. The van der Waals surface area contributed by atoms with E-state index in [0.717, 1.165) is 11.8 Å². The third-order valence-electron chi connectivity index (χ3n) is 2.98. The normalized spacial score (nSPS) is 10.5. The van der Waals surface area contributed by atoms with Crippen molar-refractivity contribution in [2.75, 3.05) is 11.9 Å². The second-order valence-electron chi connectivity index (χ2n) is 5.05. The van der Waals surface area contributed by atoms with Crippen LogP contribution in [0.2, 0.25) is 0 Å². The van der Waals surface area contributed by atoms with Crippen LogP contribution in [0.1, 0.15) is 20.3 Å². The highest BCUT2D eigenvalue weighted by atomic mass is 32.2. The number of nitrogens with zero attached hydrogens (tertiary/aromatic N) is 2. The van der Waals surface area contributed by atoms with Gasteiger partial charge in [0, 0.05) is 18.8 Å². The summed E-state index contributed by atoms with van der Waals surface area (Å²) in [4.78, 5) is 11.9. The number of rotatable bonds is 4. The van der Waals surface area contributed by atoms with Gasteiger partial charge in [-0.15, -0.1) is 0 Å². The molecule has 24 heavy (non-hydrogen) atoms.